The zero-order chi connectivity index (χ0) is 16.4. The van der Waals surface area contributed by atoms with Crippen molar-refractivity contribution in [3.63, 3.8) is 0 Å². The van der Waals surface area contributed by atoms with Crippen molar-refractivity contribution in [2.45, 2.75) is 6.92 Å². The molecular weight excluding hydrogens is 332 g/mol. The molecule has 0 amide bonds. The smallest absolute Gasteiger partial charge is 0.340 e. The number of para-hydroxylation sites is 2. The number of aromatic nitrogens is 4. The van der Waals surface area contributed by atoms with Gasteiger partial charge in [0.15, 0.2) is 5.69 Å². The number of nitrogens with zero attached hydrogens (tertiary/aromatic N) is 4. The van der Waals surface area contributed by atoms with Gasteiger partial charge >= 0.3 is 5.82 Å². The second-order valence-electron chi connectivity index (χ2n) is 5.59. The van der Waals surface area contributed by atoms with Gasteiger partial charge in [-0.2, -0.15) is 0 Å². The normalized spacial score (nSPS) is 10.3. The first kappa shape index (κ1) is 16.9. The first-order valence-corrected chi connectivity index (χ1v) is 7.89. The van der Waals surface area contributed by atoms with Gasteiger partial charge in [-0.05, 0) is 47.2 Å². The summed E-state index contributed by atoms with van der Waals surface area (Å²) < 4.78 is 0. The SMILES string of the molecule is Cc1ccccc1-[n+]1nc(-c2ccccc2)nn1-c1ccccc1.[Cl-]. The molecule has 1 heterocycles. The molecule has 0 saturated heterocycles. The van der Waals surface area contributed by atoms with Crippen molar-refractivity contribution in [3.8, 4) is 22.8 Å². The Morgan fingerprint density at radius 3 is 2.04 bits per heavy atom. The molecule has 4 nitrogen and oxygen atoms in total. The maximum absolute atomic E-state index is 4.76. The molecule has 0 fully saturated rings. The summed E-state index contributed by atoms with van der Waals surface area (Å²) in [4.78, 5) is 3.69. The summed E-state index contributed by atoms with van der Waals surface area (Å²) in [5.74, 6) is 0.697. The summed E-state index contributed by atoms with van der Waals surface area (Å²) in [6.45, 7) is 2.08. The lowest BCUT2D eigenvalue weighted by atomic mass is 10.2. The van der Waals surface area contributed by atoms with Gasteiger partial charge in [-0.1, -0.05) is 54.6 Å². The van der Waals surface area contributed by atoms with Crippen molar-refractivity contribution in [1.82, 2.24) is 15.0 Å². The minimum absolute atomic E-state index is 0. The van der Waals surface area contributed by atoms with Gasteiger partial charge in [0.05, 0.1) is 10.7 Å². The van der Waals surface area contributed by atoms with E-state index in [2.05, 4.69) is 19.1 Å². The lowest BCUT2D eigenvalue weighted by molar-refractivity contribution is -0.734. The number of tetrazole rings is 1. The molecule has 0 aliphatic heterocycles. The van der Waals surface area contributed by atoms with Crippen LogP contribution in [0.25, 0.3) is 22.8 Å². The number of aryl methyl sites for hydroxylation is 1. The fraction of sp³-hybridized carbons (Fsp3) is 0.0500. The van der Waals surface area contributed by atoms with Gasteiger partial charge < -0.3 is 12.4 Å². The average Bonchev–Trinajstić information content (AvgIpc) is 3.09. The number of halogens is 1. The van der Waals surface area contributed by atoms with Gasteiger partial charge in [-0.3, -0.25) is 0 Å². The fourth-order valence-electron chi connectivity index (χ4n) is 2.66. The first-order chi connectivity index (χ1) is 11.8. The molecule has 0 N–H and O–H groups in total. The van der Waals surface area contributed by atoms with Gasteiger partial charge in [-0.15, -0.1) is 0 Å². The molecule has 0 aliphatic carbocycles. The van der Waals surface area contributed by atoms with Crippen LogP contribution in [-0.2, 0) is 0 Å². The Morgan fingerprint density at radius 2 is 1.36 bits per heavy atom. The summed E-state index contributed by atoms with van der Waals surface area (Å²) in [6, 6.07) is 28.3. The average molecular weight is 349 g/mol. The number of rotatable bonds is 3. The standard InChI is InChI=1S/C20H17N4.ClH/c1-16-10-8-9-15-19(16)24-22-20(17-11-4-2-5-12-17)21-23(24)18-13-6-3-7-14-18;/h2-15H,1H3;1H/q+1;/p-1. The quantitative estimate of drug-likeness (QED) is 0.506. The molecule has 4 aromatic rings. The van der Waals surface area contributed by atoms with Crippen molar-refractivity contribution in [3.05, 3.63) is 90.5 Å². The lowest BCUT2D eigenvalue weighted by Crippen LogP contribution is -3.00. The van der Waals surface area contributed by atoms with Crippen molar-refractivity contribution in [1.29, 1.82) is 0 Å². The highest BCUT2D eigenvalue weighted by Crippen LogP contribution is 2.15. The monoisotopic (exact) mass is 348 g/mol. The van der Waals surface area contributed by atoms with E-state index in [0.29, 0.717) is 5.82 Å². The van der Waals surface area contributed by atoms with Crippen LogP contribution < -0.4 is 17.2 Å². The van der Waals surface area contributed by atoms with Gasteiger partial charge in [0.1, 0.15) is 5.69 Å². The Bertz CT molecular complexity index is 965. The molecule has 0 spiro atoms. The van der Waals surface area contributed by atoms with Crippen molar-refractivity contribution < 1.29 is 17.2 Å². The predicted octanol–water partition coefficient (Wildman–Crippen LogP) is 0.523. The van der Waals surface area contributed by atoms with E-state index in [1.54, 1.807) is 0 Å². The van der Waals surface area contributed by atoms with Crippen molar-refractivity contribution in [2.75, 3.05) is 0 Å². The Labute approximate surface area is 152 Å². The van der Waals surface area contributed by atoms with Gasteiger partial charge in [0.25, 0.3) is 0 Å². The minimum atomic E-state index is 0. The Balaban J connectivity index is 0.00000182. The molecule has 1 aromatic heterocycles. The third-order valence-electron chi connectivity index (χ3n) is 3.91. The number of hydrogen-bond donors (Lipinski definition) is 0. The highest BCUT2D eigenvalue weighted by atomic mass is 35.5. The summed E-state index contributed by atoms with van der Waals surface area (Å²) >= 11 is 0. The van der Waals surface area contributed by atoms with Gasteiger partial charge in [0.2, 0.25) is 0 Å². The second-order valence-corrected chi connectivity index (χ2v) is 5.59. The molecule has 0 bridgehead atoms. The van der Waals surface area contributed by atoms with Crippen LogP contribution in [0, 0.1) is 6.92 Å². The van der Waals surface area contributed by atoms with E-state index >= 15 is 0 Å². The molecule has 124 valence electrons. The molecule has 0 unspecified atom stereocenters. The van der Waals surface area contributed by atoms with E-state index in [-0.39, 0.29) is 12.4 Å². The van der Waals surface area contributed by atoms with E-state index in [1.807, 2.05) is 82.4 Å². The van der Waals surface area contributed by atoms with Crippen LogP contribution in [0.2, 0.25) is 0 Å². The first-order valence-electron chi connectivity index (χ1n) is 7.89. The van der Waals surface area contributed by atoms with Gasteiger partial charge in [0, 0.05) is 10.4 Å². The Kier molecular flexibility index (Phi) is 4.91. The molecule has 0 aliphatic rings. The minimum Gasteiger partial charge on any atom is -1.00 e. The number of hydrogen-bond acceptors (Lipinski definition) is 2. The highest BCUT2D eigenvalue weighted by Gasteiger charge is 2.23. The number of benzene rings is 3. The van der Waals surface area contributed by atoms with Crippen LogP contribution in [0.5, 0.6) is 0 Å². The Morgan fingerprint density at radius 1 is 0.760 bits per heavy atom. The highest BCUT2D eigenvalue weighted by molar-refractivity contribution is 5.53. The summed E-state index contributed by atoms with van der Waals surface area (Å²) in [5, 5.41) is 9.49. The van der Waals surface area contributed by atoms with E-state index in [1.165, 1.54) is 0 Å². The molecule has 5 heteroatoms. The largest absolute Gasteiger partial charge is 1.00 e. The fourth-order valence-corrected chi connectivity index (χ4v) is 2.66. The molecule has 0 saturated carbocycles. The second kappa shape index (κ2) is 7.28. The van der Waals surface area contributed by atoms with Crippen LogP contribution in [0.4, 0.5) is 0 Å². The summed E-state index contributed by atoms with van der Waals surface area (Å²) in [6.07, 6.45) is 0. The maximum atomic E-state index is 4.76. The molecular formula is C20H17ClN4. The molecule has 4 rings (SSSR count). The van der Waals surface area contributed by atoms with Crippen LogP contribution in [-0.4, -0.2) is 15.0 Å². The molecule has 3 aromatic carbocycles. The topological polar surface area (TPSA) is 34.6 Å². The van der Waals surface area contributed by atoms with E-state index in [4.69, 9.17) is 10.2 Å². The molecule has 25 heavy (non-hydrogen) atoms. The van der Waals surface area contributed by atoms with E-state index in [0.717, 1.165) is 22.5 Å². The Hall–Kier alpha value is -2.98. The summed E-state index contributed by atoms with van der Waals surface area (Å²) in [5.41, 5.74) is 4.12. The van der Waals surface area contributed by atoms with Crippen molar-refractivity contribution >= 4 is 0 Å². The van der Waals surface area contributed by atoms with Crippen LogP contribution in [0.3, 0.4) is 0 Å². The molecule has 0 radical (unpaired) electrons. The third-order valence-corrected chi connectivity index (χ3v) is 3.91. The van der Waals surface area contributed by atoms with Gasteiger partial charge in [-0.25, -0.2) is 0 Å². The lowest BCUT2D eigenvalue weighted by Gasteiger charge is -2.01. The maximum Gasteiger partial charge on any atom is 0.340 e. The predicted molar refractivity (Wildman–Crippen MR) is 93.1 cm³/mol. The summed E-state index contributed by atoms with van der Waals surface area (Å²) in [7, 11) is 0. The van der Waals surface area contributed by atoms with Crippen LogP contribution in [0.15, 0.2) is 84.9 Å². The van der Waals surface area contributed by atoms with Crippen LogP contribution in [0.1, 0.15) is 5.56 Å². The zero-order valence-corrected chi connectivity index (χ0v) is 14.5. The van der Waals surface area contributed by atoms with E-state index in [9.17, 15) is 0 Å². The molecule has 0 atom stereocenters. The van der Waals surface area contributed by atoms with Crippen LogP contribution >= 0.6 is 0 Å². The van der Waals surface area contributed by atoms with Crippen molar-refractivity contribution in [2.24, 2.45) is 0 Å². The third kappa shape index (κ3) is 3.30. The zero-order valence-electron chi connectivity index (χ0n) is 13.7. The van der Waals surface area contributed by atoms with E-state index < -0.39 is 0 Å².